The van der Waals surface area contributed by atoms with Crippen LogP contribution in [0.5, 0.6) is 5.75 Å². The minimum absolute atomic E-state index is 0.0828. The number of methoxy groups -OCH3 is 1. The van der Waals surface area contributed by atoms with Crippen molar-refractivity contribution in [2.75, 3.05) is 18.0 Å². The highest BCUT2D eigenvalue weighted by Crippen LogP contribution is 2.27. The quantitative estimate of drug-likeness (QED) is 0.488. The van der Waals surface area contributed by atoms with Crippen LogP contribution in [0.2, 0.25) is 10.0 Å². The highest BCUT2D eigenvalue weighted by atomic mass is 35.5. The first-order valence-electron chi connectivity index (χ1n) is 9.65. The number of hydrogen-bond donors (Lipinski definition) is 1. The van der Waals surface area contributed by atoms with Gasteiger partial charge in [0.05, 0.1) is 17.7 Å². The molecule has 0 heterocycles. The van der Waals surface area contributed by atoms with Crippen LogP contribution in [-0.2, 0) is 21.4 Å². The van der Waals surface area contributed by atoms with Crippen molar-refractivity contribution in [1.82, 2.24) is 5.32 Å². The number of benzene rings is 3. The van der Waals surface area contributed by atoms with Crippen LogP contribution in [0.25, 0.3) is 0 Å². The Kier molecular flexibility index (Phi) is 7.66. The summed E-state index contributed by atoms with van der Waals surface area (Å²) < 4.78 is 33.1. The minimum Gasteiger partial charge on any atom is -0.497 e. The van der Waals surface area contributed by atoms with Crippen LogP contribution in [0.1, 0.15) is 11.1 Å². The van der Waals surface area contributed by atoms with Gasteiger partial charge in [-0.15, -0.1) is 0 Å². The summed E-state index contributed by atoms with van der Waals surface area (Å²) in [5, 5.41) is 3.61. The molecule has 168 valence electrons. The van der Waals surface area contributed by atoms with Gasteiger partial charge < -0.3 is 10.1 Å². The van der Waals surface area contributed by atoms with Crippen molar-refractivity contribution < 1.29 is 17.9 Å². The maximum absolute atomic E-state index is 13.4. The van der Waals surface area contributed by atoms with Crippen LogP contribution >= 0.6 is 23.2 Å². The summed E-state index contributed by atoms with van der Waals surface area (Å²) in [6.07, 6.45) is 0. The Bertz CT molecular complexity index is 1210. The third-order valence-corrected chi connectivity index (χ3v) is 7.10. The number of halogens is 2. The lowest BCUT2D eigenvalue weighted by Gasteiger charge is -2.24. The van der Waals surface area contributed by atoms with E-state index in [1.165, 1.54) is 19.2 Å². The number of carbonyl (C=O) groups excluding carboxylic acids is 1. The fourth-order valence-electron chi connectivity index (χ4n) is 2.96. The van der Waals surface area contributed by atoms with Crippen molar-refractivity contribution in [3.05, 3.63) is 87.9 Å². The van der Waals surface area contributed by atoms with Gasteiger partial charge in [0.15, 0.2) is 0 Å². The van der Waals surface area contributed by atoms with Crippen molar-refractivity contribution in [1.29, 1.82) is 0 Å². The average molecular weight is 493 g/mol. The van der Waals surface area contributed by atoms with E-state index >= 15 is 0 Å². The molecular formula is C23H22Cl2N2O4S. The molecule has 0 unspecified atom stereocenters. The van der Waals surface area contributed by atoms with Crippen molar-refractivity contribution in [2.45, 2.75) is 18.4 Å². The van der Waals surface area contributed by atoms with Crippen molar-refractivity contribution in [3.8, 4) is 5.75 Å². The Morgan fingerprint density at radius 2 is 1.75 bits per heavy atom. The van der Waals surface area contributed by atoms with Crippen molar-refractivity contribution in [3.63, 3.8) is 0 Å². The van der Waals surface area contributed by atoms with Gasteiger partial charge >= 0.3 is 0 Å². The van der Waals surface area contributed by atoms with E-state index in [4.69, 9.17) is 27.9 Å². The molecule has 9 heteroatoms. The number of rotatable bonds is 8. The fourth-order valence-corrected chi connectivity index (χ4v) is 4.85. The molecule has 0 fully saturated rings. The number of amides is 1. The Morgan fingerprint density at radius 1 is 1.03 bits per heavy atom. The summed E-state index contributed by atoms with van der Waals surface area (Å²) in [5.74, 6) is -0.0190. The Hall–Kier alpha value is -2.74. The zero-order valence-electron chi connectivity index (χ0n) is 17.5. The normalized spacial score (nSPS) is 11.1. The standard InChI is InChI=1S/C23H22Cl2N2O4S/c1-16-6-10-21(11-7-16)32(29,30)27(19-4-3-5-20(13-19)31-2)15-23(28)26-14-17-8-9-18(24)12-22(17)25/h3-13H,14-15H2,1-2H3,(H,26,28). The summed E-state index contributed by atoms with van der Waals surface area (Å²) in [5.41, 5.74) is 1.90. The minimum atomic E-state index is -4.01. The summed E-state index contributed by atoms with van der Waals surface area (Å²) in [6, 6.07) is 17.9. The molecule has 3 aromatic rings. The molecule has 0 radical (unpaired) electrons. The van der Waals surface area contributed by atoms with E-state index in [1.807, 2.05) is 6.92 Å². The predicted molar refractivity (Wildman–Crippen MR) is 127 cm³/mol. The number of nitrogens with zero attached hydrogens (tertiary/aromatic N) is 1. The summed E-state index contributed by atoms with van der Waals surface area (Å²) in [6.45, 7) is 1.57. The molecule has 0 aliphatic heterocycles. The molecule has 0 aliphatic rings. The average Bonchev–Trinajstić information content (AvgIpc) is 2.77. The van der Waals surface area contributed by atoms with Crippen LogP contribution < -0.4 is 14.4 Å². The van der Waals surface area contributed by atoms with Crippen molar-refractivity contribution >= 4 is 44.8 Å². The number of hydrogen-bond acceptors (Lipinski definition) is 4. The first kappa shape index (κ1) is 23.9. The highest BCUT2D eigenvalue weighted by molar-refractivity contribution is 7.92. The van der Waals surface area contributed by atoms with Gasteiger partial charge in [0.1, 0.15) is 12.3 Å². The Labute approximate surface area is 197 Å². The molecule has 6 nitrogen and oxygen atoms in total. The van der Waals surface area contributed by atoms with Crippen LogP contribution in [-0.4, -0.2) is 28.0 Å². The molecule has 1 amide bonds. The molecule has 0 saturated heterocycles. The van der Waals surface area contributed by atoms with E-state index in [0.29, 0.717) is 27.0 Å². The van der Waals surface area contributed by atoms with E-state index in [0.717, 1.165) is 9.87 Å². The Balaban J connectivity index is 1.88. The molecular weight excluding hydrogens is 471 g/mol. The van der Waals surface area contributed by atoms with Gasteiger partial charge in [-0.05, 0) is 48.9 Å². The maximum atomic E-state index is 13.4. The third kappa shape index (κ3) is 5.73. The Morgan fingerprint density at radius 3 is 2.41 bits per heavy atom. The highest BCUT2D eigenvalue weighted by Gasteiger charge is 2.27. The molecule has 0 aromatic heterocycles. The molecule has 3 rings (SSSR count). The molecule has 0 aliphatic carbocycles. The third-order valence-electron chi connectivity index (χ3n) is 4.73. The zero-order chi connectivity index (χ0) is 23.3. The van der Waals surface area contributed by atoms with E-state index in [-0.39, 0.29) is 11.4 Å². The first-order chi connectivity index (χ1) is 15.2. The summed E-state index contributed by atoms with van der Waals surface area (Å²) >= 11 is 12.1. The number of sulfonamides is 1. The molecule has 32 heavy (non-hydrogen) atoms. The van der Waals surface area contributed by atoms with Crippen LogP contribution in [0.4, 0.5) is 5.69 Å². The van der Waals surface area contributed by atoms with Crippen LogP contribution in [0.15, 0.2) is 71.6 Å². The van der Waals surface area contributed by atoms with Crippen molar-refractivity contribution in [2.24, 2.45) is 0 Å². The molecule has 0 spiro atoms. The number of carbonyl (C=O) groups is 1. The lowest BCUT2D eigenvalue weighted by atomic mass is 10.2. The van der Waals surface area contributed by atoms with E-state index in [1.54, 1.807) is 54.6 Å². The second kappa shape index (κ2) is 10.3. The SMILES string of the molecule is COc1cccc(N(CC(=O)NCc2ccc(Cl)cc2Cl)S(=O)(=O)c2ccc(C)cc2)c1. The van der Waals surface area contributed by atoms with E-state index in [9.17, 15) is 13.2 Å². The molecule has 1 N–H and O–H groups in total. The van der Waals surface area contributed by atoms with Crippen LogP contribution in [0, 0.1) is 6.92 Å². The van der Waals surface area contributed by atoms with E-state index in [2.05, 4.69) is 5.32 Å². The molecule has 0 atom stereocenters. The van der Waals surface area contributed by atoms with E-state index < -0.39 is 22.5 Å². The van der Waals surface area contributed by atoms with Gasteiger partial charge in [0, 0.05) is 22.7 Å². The summed E-state index contributed by atoms with van der Waals surface area (Å²) in [4.78, 5) is 12.8. The number of aryl methyl sites for hydroxylation is 1. The number of nitrogens with one attached hydrogen (secondary N) is 1. The lowest BCUT2D eigenvalue weighted by molar-refractivity contribution is -0.119. The first-order valence-corrected chi connectivity index (χ1v) is 11.8. The number of anilines is 1. The fraction of sp³-hybridized carbons (Fsp3) is 0.174. The molecule has 0 bridgehead atoms. The predicted octanol–water partition coefficient (Wildman–Crippen LogP) is 4.82. The molecule has 0 saturated carbocycles. The van der Waals surface area contributed by atoms with Gasteiger partial charge in [-0.1, -0.05) is 53.0 Å². The van der Waals surface area contributed by atoms with Gasteiger partial charge in [-0.25, -0.2) is 8.42 Å². The van der Waals surface area contributed by atoms with Gasteiger partial charge in [0.25, 0.3) is 10.0 Å². The van der Waals surface area contributed by atoms with Gasteiger partial charge in [0.2, 0.25) is 5.91 Å². The maximum Gasteiger partial charge on any atom is 0.264 e. The van der Waals surface area contributed by atoms with Crippen LogP contribution in [0.3, 0.4) is 0 Å². The number of ether oxygens (including phenoxy) is 1. The topological polar surface area (TPSA) is 75.7 Å². The second-order valence-electron chi connectivity index (χ2n) is 7.04. The van der Waals surface area contributed by atoms with Gasteiger partial charge in [-0.3, -0.25) is 9.10 Å². The smallest absolute Gasteiger partial charge is 0.264 e. The van der Waals surface area contributed by atoms with Gasteiger partial charge in [-0.2, -0.15) is 0 Å². The molecule has 3 aromatic carbocycles. The second-order valence-corrected chi connectivity index (χ2v) is 9.74. The zero-order valence-corrected chi connectivity index (χ0v) is 19.8. The largest absolute Gasteiger partial charge is 0.497 e. The monoisotopic (exact) mass is 492 g/mol. The lowest BCUT2D eigenvalue weighted by Crippen LogP contribution is -2.40. The summed E-state index contributed by atoms with van der Waals surface area (Å²) in [7, 11) is -2.53.